The predicted molar refractivity (Wildman–Crippen MR) is 102 cm³/mol. The summed E-state index contributed by atoms with van der Waals surface area (Å²) in [6.07, 6.45) is 4.45. The quantitative estimate of drug-likeness (QED) is 0.722. The third kappa shape index (κ3) is 2.20. The molecule has 2 aliphatic rings. The van der Waals surface area contributed by atoms with Crippen LogP contribution in [0.1, 0.15) is 50.4 Å². The first-order valence-electron chi connectivity index (χ1n) is 9.01. The number of rotatable bonds is 1. The number of fused-ring (bicyclic) bond motifs is 3. The zero-order chi connectivity index (χ0) is 17.8. The van der Waals surface area contributed by atoms with E-state index >= 15 is 0 Å². The van der Waals surface area contributed by atoms with Crippen LogP contribution in [-0.4, -0.2) is 16.3 Å². The molecule has 128 valence electrons. The monoisotopic (exact) mass is 331 g/mol. The van der Waals surface area contributed by atoms with E-state index in [-0.39, 0.29) is 23.4 Å². The van der Waals surface area contributed by atoms with E-state index in [1.54, 1.807) is 0 Å². The highest BCUT2D eigenvalue weighted by molar-refractivity contribution is 5.94. The minimum absolute atomic E-state index is 0.0586. The summed E-state index contributed by atoms with van der Waals surface area (Å²) in [5.41, 5.74) is 2.78. The average Bonchev–Trinajstić information content (AvgIpc) is 2.84. The van der Waals surface area contributed by atoms with Crippen molar-refractivity contribution in [2.45, 2.75) is 44.7 Å². The lowest BCUT2D eigenvalue weighted by atomic mass is 9.66. The molecular weight excluding hydrogens is 306 g/mol. The van der Waals surface area contributed by atoms with Crippen molar-refractivity contribution in [3.05, 3.63) is 77.4 Å². The molecule has 1 aliphatic heterocycles. The van der Waals surface area contributed by atoms with Crippen molar-refractivity contribution in [1.29, 1.82) is 0 Å². The Bertz CT molecular complexity index is 846. The third-order valence-electron chi connectivity index (χ3n) is 5.82. The van der Waals surface area contributed by atoms with Crippen molar-refractivity contribution in [2.75, 3.05) is 0 Å². The summed E-state index contributed by atoms with van der Waals surface area (Å²) in [5, 5.41) is 0. The Morgan fingerprint density at radius 3 is 2.28 bits per heavy atom. The second kappa shape index (κ2) is 5.32. The van der Waals surface area contributed by atoms with E-state index < -0.39 is 5.41 Å². The number of hydrogen-bond acceptors (Lipinski definition) is 1. The summed E-state index contributed by atoms with van der Waals surface area (Å²) in [4.78, 5) is 15.9. The van der Waals surface area contributed by atoms with Gasteiger partial charge in [0.25, 0.3) is 0 Å². The minimum atomic E-state index is -0.515. The van der Waals surface area contributed by atoms with Crippen LogP contribution in [0.5, 0.6) is 0 Å². The minimum Gasteiger partial charge on any atom is -0.329 e. The number of amides is 1. The van der Waals surface area contributed by atoms with Gasteiger partial charge in [0, 0.05) is 11.5 Å². The Kier molecular flexibility index (Phi) is 3.44. The first-order valence-corrected chi connectivity index (χ1v) is 9.01. The van der Waals surface area contributed by atoms with Crippen molar-refractivity contribution in [3.8, 4) is 0 Å². The van der Waals surface area contributed by atoms with E-state index in [1.165, 1.54) is 5.56 Å². The zero-order valence-electron chi connectivity index (χ0n) is 15.4. The number of nitrogens with zero attached hydrogens (tertiary/aromatic N) is 1. The number of carbonyl (C=O) groups excluding carboxylic acids is 1. The molecule has 25 heavy (non-hydrogen) atoms. The number of benzene rings is 2. The van der Waals surface area contributed by atoms with Crippen molar-refractivity contribution >= 4 is 12.0 Å². The first-order chi connectivity index (χ1) is 11.8. The largest absolute Gasteiger partial charge is 0.329 e. The fraction of sp³-hybridized carbons (Fsp3) is 0.348. The predicted octanol–water partition coefficient (Wildman–Crippen LogP) is 4.97. The molecule has 2 aromatic rings. The van der Waals surface area contributed by atoms with Gasteiger partial charge in [-0.15, -0.1) is 0 Å². The van der Waals surface area contributed by atoms with Gasteiger partial charge in [-0.3, -0.25) is 4.79 Å². The van der Waals surface area contributed by atoms with Gasteiger partial charge in [-0.1, -0.05) is 66.7 Å². The third-order valence-corrected chi connectivity index (χ3v) is 5.82. The topological polar surface area (TPSA) is 20.3 Å². The van der Waals surface area contributed by atoms with E-state index in [1.807, 2.05) is 18.2 Å². The molecule has 1 amide bonds. The molecule has 0 unspecified atom stereocenters. The lowest BCUT2D eigenvalue weighted by Crippen LogP contribution is -2.47. The van der Waals surface area contributed by atoms with Gasteiger partial charge in [-0.2, -0.15) is 0 Å². The molecule has 0 saturated carbocycles. The average molecular weight is 331 g/mol. The van der Waals surface area contributed by atoms with Gasteiger partial charge in [-0.05, 0) is 44.4 Å². The molecule has 1 aliphatic carbocycles. The Morgan fingerprint density at radius 2 is 1.60 bits per heavy atom. The fourth-order valence-electron chi connectivity index (χ4n) is 4.64. The highest BCUT2D eigenvalue weighted by Crippen LogP contribution is 2.56. The molecular formula is C23H25NO. The maximum Gasteiger partial charge on any atom is 0.234 e. The Balaban J connectivity index is 1.95. The van der Waals surface area contributed by atoms with Gasteiger partial charge < -0.3 is 4.90 Å². The molecule has 1 fully saturated rings. The molecule has 4 rings (SSSR count). The number of hydrogen-bond donors (Lipinski definition) is 0. The van der Waals surface area contributed by atoms with Crippen LogP contribution in [0.15, 0.2) is 60.7 Å². The molecule has 2 heteroatoms. The van der Waals surface area contributed by atoms with Gasteiger partial charge in [0.1, 0.15) is 0 Å². The molecule has 0 N–H and O–H groups in total. The lowest BCUT2D eigenvalue weighted by molar-refractivity contribution is -0.137. The van der Waals surface area contributed by atoms with Gasteiger partial charge in [0.05, 0.1) is 11.5 Å². The molecule has 0 spiro atoms. The second-order valence-corrected chi connectivity index (χ2v) is 8.38. The second-order valence-electron chi connectivity index (χ2n) is 8.38. The first kappa shape index (κ1) is 16.1. The van der Waals surface area contributed by atoms with Crippen molar-refractivity contribution in [3.63, 3.8) is 0 Å². The zero-order valence-corrected chi connectivity index (χ0v) is 15.4. The van der Waals surface area contributed by atoms with Gasteiger partial charge in [-0.25, -0.2) is 0 Å². The fourth-order valence-corrected chi connectivity index (χ4v) is 4.64. The summed E-state index contributed by atoms with van der Waals surface area (Å²) in [6, 6.07) is 18.8. The van der Waals surface area contributed by atoms with Gasteiger partial charge in [0.15, 0.2) is 0 Å². The van der Waals surface area contributed by atoms with E-state index in [0.717, 1.165) is 11.1 Å². The van der Waals surface area contributed by atoms with Crippen molar-refractivity contribution in [2.24, 2.45) is 5.92 Å². The SMILES string of the molecule is CC(C)(C)N1C(=O)[C@]2(C)c3ccccc3C=C[C@H]2[C@@H]1c1ccccc1. The van der Waals surface area contributed by atoms with Gasteiger partial charge in [0.2, 0.25) is 5.91 Å². The van der Waals surface area contributed by atoms with Crippen LogP contribution in [0.3, 0.4) is 0 Å². The molecule has 3 atom stereocenters. The maximum absolute atomic E-state index is 13.7. The van der Waals surface area contributed by atoms with E-state index in [4.69, 9.17) is 0 Å². The van der Waals surface area contributed by atoms with Crippen LogP contribution in [0.4, 0.5) is 0 Å². The van der Waals surface area contributed by atoms with Crippen LogP contribution in [0.2, 0.25) is 0 Å². The summed E-state index contributed by atoms with van der Waals surface area (Å²) in [5.74, 6) is 0.368. The summed E-state index contributed by atoms with van der Waals surface area (Å²) in [6.45, 7) is 8.54. The van der Waals surface area contributed by atoms with Crippen LogP contribution in [0.25, 0.3) is 6.08 Å². The lowest BCUT2D eigenvalue weighted by Gasteiger charge is -2.38. The van der Waals surface area contributed by atoms with Crippen LogP contribution < -0.4 is 0 Å². The Morgan fingerprint density at radius 1 is 0.960 bits per heavy atom. The highest BCUT2D eigenvalue weighted by Gasteiger charge is 2.60. The Labute approximate surface area is 150 Å². The molecule has 0 bridgehead atoms. The van der Waals surface area contributed by atoms with Gasteiger partial charge >= 0.3 is 0 Å². The van der Waals surface area contributed by atoms with E-state index in [2.05, 4.69) is 81.1 Å². The van der Waals surface area contributed by atoms with E-state index in [0.29, 0.717) is 0 Å². The smallest absolute Gasteiger partial charge is 0.234 e. The van der Waals surface area contributed by atoms with Crippen LogP contribution >= 0.6 is 0 Å². The molecule has 0 aromatic heterocycles. The number of likely N-dealkylation sites (tertiary alicyclic amines) is 1. The van der Waals surface area contributed by atoms with Crippen molar-refractivity contribution in [1.82, 2.24) is 4.90 Å². The van der Waals surface area contributed by atoms with Crippen molar-refractivity contribution < 1.29 is 4.79 Å². The molecule has 1 heterocycles. The highest BCUT2D eigenvalue weighted by atomic mass is 16.2. The normalized spacial score (nSPS) is 28.0. The molecule has 0 radical (unpaired) electrons. The summed E-state index contributed by atoms with van der Waals surface area (Å²) in [7, 11) is 0. The van der Waals surface area contributed by atoms with E-state index in [9.17, 15) is 4.79 Å². The summed E-state index contributed by atoms with van der Waals surface area (Å²) < 4.78 is 0. The maximum atomic E-state index is 13.7. The Hall–Kier alpha value is -2.35. The molecule has 2 nitrogen and oxygen atoms in total. The standard InChI is InChI=1S/C23H25NO/c1-22(2,3)24-20(17-11-6-5-7-12-17)19-15-14-16-10-8-9-13-18(16)23(19,4)21(24)25/h5-15,19-20H,1-4H3/t19-,20-,23+/m0/s1. The molecule has 2 aromatic carbocycles. The summed E-state index contributed by atoms with van der Waals surface area (Å²) >= 11 is 0. The van der Waals surface area contributed by atoms with Crippen LogP contribution in [0, 0.1) is 5.92 Å². The number of carbonyl (C=O) groups is 1. The molecule has 1 saturated heterocycles. The van der Waals surface area contributed by atoms with Crippen LogP contribution in [-0.2, 0) is 10.2 Å².